The maximum absolute atomic E-state index is 10.8. The van der Waals surface area contributed by atoms with Crippen LogP contribution in [0.25, 0.3) is 0 Å². The molecular formula is C10H21NOS. The second kappa shape index (κ2) is 9.90. The van der Waals surface area contributed by atoms with E-state index in [9.17, 15) is 4.79 Å². The standard InChI is InChI=1S/C10H21NOS/c1-2-3-4-5-6-7-8-9-10(12)11-13/h13H,2-9H2,1H3,(H,11,12). The molecule has 1 amide bonds. The van der Waals surface area contributed by atoms with Crippen LogP contribution in [0.2, 0.25) is 0 Å². The fourth-order valence-electron chi connectivity index (χ4n) is 1.30. The molecule has 0 rings (SSSR count). The number of hydrogen-bond acceptors (Lipinski definition) is 2. The van der Waals surface area contributed by atoms with Gasteiger partial charge in [-0.15, -0.1) is 0 Å². The van der Waals surface area contributed by atoms with Crippen LogP contribution in [-0.2, 0) is 4.79 Å². The molecule has 78 valence electrons. The molecule has 1 N–H and O–H groups in total. The van der Waals surface area contributed by atoms with Gasteiger partial charge in [-0.3, -0.25) is 4.79 Å². The lowest BCUT2D eigenvalue weighted by Crippen LogP contribution is -2.11. The SMILES string of the molecule is CCCCCCCCCC(=O)NS. The molecule has 0 saturated carbocycles. The summed E-state index contributed by atoms with van der Waals surface area (Å²) in [5.74, 6) is 0.0388. The van der Waals surface area contributed by atoms with E-state index in [1.165, 1.54) is 38.5 Å². The molecule has 0 bridgehead atoms. The maximum Gasteiger partial charge on any atom is 0.229 e. The average molecular weight is 203 g/mol. The molecule has 0 aliphatic carbocycles. The van der Waals surface area contributed by atoms with E-state index in [0.29, 0.717) is 6.42 Å². The Kier molecular flexibility index (Phi) is 9.77. The number of hydrogen-bond donors (Lipinski definition) is 2. The average Bonchev–Trinajstić information content (AvgIpc) is 2.16. The van der Waals surface area contributed by atoms with Crippen LogP contribution in [0.5, 0.6) is 0 Å². The summed E-state index contributed by atoms with van der Waals surface area (Å²) in [6, 6.07) is 0. The van der Waals surface area contributed by atoms with Crippen molar-refractivity contribution in [1.82, 2.24) is 4.72 Å². The van der Waals surface area contributed by atoms with Gasteiger partial charge in [-0.05, 0) is 6.42 Å². The number of unbranched alkanes of at least 4 members (excludes halogenated alkanes) is 6. The lowest BCUT2D eigenvalue weighted by molar-refractivity contribution is -0.119. The molecule has 3 heteroatoms. The van der Waals surface area contributed by atoms with E-state index in [1.807, 2.05) is 0 Å². The van der Waals surface area contributed by atoms with E-state index in [4.69, 9.17) is 0 Å². The highest BCUT2D eigenvalue weighted by atomic mass is 32.1. The summed E-state index contributed by atoms with van der Waals surface area (Å²) in [4.78, 5) is 10.8. The first-order valence-corrected chi connectivity index (χ1v) is 5.69. The fraction of sp³-hybridized carbons (Fsp3) is 0.900. The summed E-state index contributed by atoms with van der Waals surface area (Å²) < 4.78 is 2.33. The molecule has 0 saturated heterocycles. The lowest BCUT2D eigenvalue weighted by atomic mass is 10.1. The van der Waals surface area contributed by atoms with Crippen LogP contribution in [0.1, 0.15) is 58.3 Å². The number of carbonyl (C=O) groups is 1. The van der Waals surface area contributed by atoms with Crippen molar-refractivity contribution < 1.29 is 4.79 Å². The first-order chi connectivity index (χ1) is 6.31. The van der Waals surface area contributed by atoms with Crippen LogP contribution < -0.4 is 4.72 Å². The Labute approximate surface area is 87.0 Å². The molecule has 0 radical (unpaired) electrons. The van der Waals surface area contributed by atoms with Crippen LogP contribution in [0.4, 0.5) is 0 Å². The van der Waals surface area contributed by atoms with Gasteiger partial charge in [0.1, 0.15) is 0 Å². The van der Waals surface area contributed by atoms with Gasteiger partial charge in [0.15, 0.2) is 0 Å². The van der Waals surface area contributed by atoms with Gasteiger partial charge in [-0.25, -0.2) is 0 Å². The predicted octanol–water partition coefficient (Wildman–Crippen LogP) is 3.09. The molecule has 2 nitrogen and oxygen atoms in total. The molecule has 0 spiro atoms. The second-order valence-electron chi connectivity index (χ2n) is 3.41. The van der Waals surface area contributed by atoms with Crippen molar-refractivity contribution in [2.24, 2.45) is 0 Å². The first kappa shape index (κ1) is 12.8. The molecule has 13 heavy (non-hydrogen) atoms. The predicted molar refractivity (Wildman–Crippen MR) is 59.7 cm³/mol. The highest BCUT2D eigenvalue weighted by Gasteiger charge is 1.97. The monoisotopic (exact) mass is 203 g/mol. The summed E-state index contributed by atoms with van der Waals surface area (Å²) in [5, 5.41) is 0. The van der Waals surface area contributed by atoms with Crippen molar-refractivity contribution in [1.29, 1.82) is 0 Å². The third kappa shape index (κ3) is 9.74. The van der Waals surface area contributed by atoms with E-state index >= 15 is 0 Å². The molecule has 0 heterocycles. The summed E-state index contributed by atoms with van der Waals surface area (Å²) in [5.41, 5.74) is 0. The third-order valence-electron chi connectivity index (χ3n) is 2.13. The maximum atomic E-state index is 10.8. The van der Waals surface area contributed by atoms with Crippen LogP contribution >= 0.6 is 12.8 Å². The summed E-state index contributed by atoms with van der Waals surface area (Å²) in [7, 11) is 0. The molecular weight excluding hydrogens is 182 g/mol. The Hall–Kier alpha value is -0.180. The van der Waals surface area contributed by atoms with E-state index in [2.05, 4.69) is 24.5 Å². The molecule has 0 aromatic rings. The minimum atomic E-state index is 0.0388. The second-order valence-corrected chi connectivity index (χ2v) is 3.63. The molecule has 0 atom stereocenters. The van der Waals surface area contributed by atoms with Crippen LogP contribution in [-0.4, -0.2) is 5.91 Å². The summed E-state index contributed by atoms with van der Waals surface area (Å²) >= 11 is 3.69. The number of nitrogens with one attached hydrogen (secondary N) is 1. The Bertz CT molecular complexity index is 128. The minimum absolute atomic E-state index is 0.0388. The molecule has 0 unspecified atom stereocenters. The molecule has 0 aromatic heterocycles. The largest absolute Gasteiger partial charge is 0.303 e. The topological polar surface area (TPSA) is 29.1 Å². The number of amides is 1. The van der Waals surface area contributed by atoms with Crippen molar-refractivity contribution in [3.05, 3.63) is 0 Å². The molecule has 0 aliphatic rings. The van der Waals surface area contributed by atoms with Crippen molar-refractivity contribution in [2.75, 3.05) is 0 Å². The molecule has 0 aromatic carbocycles. The Morgan fingerprint density at radius 1 is 1.08 bits per heavy atom. The van der Waals surface area contributed by atoms with Gasteiger partial charge in [0.25, 0.3) is 0 Å². The van der Waals surface area contributed by atoms with Crippen LogP contribution in [0.3, 0.4) is 0 Å². The normalized spacial score (nSPS) is 10.0. The van der Waals surface area contributed by atoms with Gasteiger partial charge in [0.2, 0.25) is 5.91 Å². The number of carbonyl (C=O) groups excluding carboxylic acids is 1. The quantitative estimate of drug-likeness (QED) is 0.461. The van der Waals surface area contributed by atoms with Gasteiger partial charge in [0.05, 0.1) is 0 Å². The number of rotatable bonds is 8. The van der Waals surface area contributed by atoms with E-state index < -0.39 is 0 Å². The van der Waals surface area contributed by atoms with Gasteiger partial charge in [-0.2, -0.15) is 0 Å². The third-order valence-corrected chi connectivity index (χ3v) is 2.38. The van der Waals surface area contributed by atoms with Crippen LogP contribution in [0.15, 0.2) is 0 Å². The van der Waals surface area contributed by atoms with Crippen molar-refractivity contribution >= 4 is 18.7 Å². The van der Waals surface area contributed by atoms with Crippen molar-refractivity contribution in [2.45, 2.75) is 58.3 Å². The van der Waals surface area contributed by atoms with Crippen LogP contribution in [0, 0.1) is 0 Å². The lowest BCUT2D eigenvalue weighted by Gasteiger charge is -2.00. The molecule has 0 aliphatic heterocycles. The first-order valence-electron chi connectivity index (χ1n) is 5.24. The van der Waals surface area contributed by atoms with E-state index in [-0.39, 0.29) is 5.91 Å². The van der Waals surface area contributed by atoms with Gasteiger partial charge >= 0.3 is 0 Å². The van der Waals surface area contributed by atoms with E-state index in [1.54, 1.807) is 0 Å². The highest BCUT2D eigenvalue weighted by Crippen LogP contribution is 2.08. The minimum Gasteiger partial charge on any atom is -0.303 e. The van der Waals surface area contributed by atoms with Gasteiger partial charge < -0.3 is 4.72 Å². The highest BCUT2D eigenvalue weighted by molar-refractivity contribution is 7.78. The van der Waals surface area contributed by atoms with Crippen molar-refractivity contribution in [3.8, 4) is 0 Å². The zero-order chi connectivity index (χ0) is 9.94. The van der Waals surface area contributed by atoms with E-state index in [0.717, 1.165) is 6.42 Å². The molecule has 0 fully saturated rings. The Balaban J connectivity index is 2.95. The summed E-state index contributed by atoms with van der Waals surface area (Å²) in [6.07, 6.45) is 9.35. The van der Waals surface area contributed by atoms with Gasteiger partial charge in [-0.1, -0.05) is 58.3 Å². The van der Waals surface area contributed by atoms with Crippen molar-refractivity contribution in [3.63, 3.8) is 0 Å². The zero-order valence-corrected chi connectivity index (χ0v) is 9.41. The zero-order valence-electron chi connectivity index (χ0n) is 8.51. The number of thiol groups is 1. The Morgan fingerprint density at radius 2 is 1.62 bits per heavy atom. The van der Waals surface area contributed by atoms with Gasteiger partial charge in [0, 0.05) is 6.42 Å². The smallest absolute Gasteiger partial charge is 0.229 e. The fourth-order valence-corrected chi connectivity index (χ4v) is 1.41. The Morgan fingerprint density at radius 3 is 2.15 bits per heavy atom. The summed E-state index contributed by atoms with van der Waals surface area (Å²) in [6.45, 7) is 2.22.